The molecule has 0 saturated heterocycles. The molecule has 0 spiro atoms. The summed E-state index contributed by atoms with van der Waals surface area (Å²) in [4.78, 5) is 23.8. The van der Waals surface area contributed by atoms with E-state index in [2.05, 4.69) is 20.3 Å². The number of methoxy groups -OCH3 is 1. The lowest BCUT2D eigenvalue weighted by Gasteiger charge is -2.10. The Labute approximate surface area is 187 Å². The highest BCUT2D eigenvalue weighted by molar-refractivity contribution is 7.99. The highest BCUT2D eigenvalue weighted by Crippen LogP contribution is 2.30. The molecule has 0 fully saturated rings. The van der Waals surface area contributed by atoms with Crippen LogP contribution in [0.2, 0.25) is 0 Å². The lowest BCUT2D eigenvalue weighted by Crippen LogP contribution is -2.24. The molecule has 0 bridgehead atoms. The molecule has 3 aromatic heterocycles. The second kappa shape index (κ2) is 9.56. The van der Waals surface area contributed by atoms with Crippen molar-refractivity contribution >= 4 is 23.6 Å². The van der Waals surface area contributed by atoms with Crippen LogP contribution in [0.4, 0.5) is 0 Å². The number of thioether (sulfide) groups is 1. The molecular formula is C22H20N4O5S. The third kappa shape index (κ3) is 4.59. The fraction of sp³-hybridized carbons (Fsp3) is 0.182. The Balaban J connectivity index is 1.46. The number of nitrogens with zero attached hydrogens (tertiary/aromatic N) is 3. The number of ether oxygens (including phenoxy) is 1. The molecule has 0 radical (unpaired) electrons. The SMILES string of the molecule is COC(=O)c1ccc(CNC(=O)CSc2nnc(-c3ccoc3C)n2-c2ccccc2)o1. The topological polar surface area (TPSA) is 112 Å². The van der Waals surface area contributed by atoms with Gasteiger partial charge in [0.05, 0.1) is 31.2 Å². The molecule has 0 aliphatic carbocycles. The standard InChI is InChI=1S/C22H20N4O5S/c1-14-17(10-11-30-14)20-24-25-22(26(20)15-6-4-3-5-7-15)32-13-19(27)23-12-16-8-9-18(31-16)21(28)29-2/h3-11H,12-13H2,1-2H3,(H,23,27). The number of carbonyl (C=O) groups excluding carboxylic acids is 2. The average Bonchev–Trinajstić information content (AvgIpc) is 3.55. The van der Waals surface area contributed by atoms with Crippen LogP contribution in [0.1, 0.15) is 22.1 Å². The van der Waals surface area contributed by atoms with E-state index in [9.17, 15) is 9.59 Å². The number of hydrogen-bond acceptors (Lipinski definition) is 8. The summed E-state index contributed by atoms with van der Waals surface area (Å²) < 4.78 is 17.3. The Hall–Kier alpha value is -3.79. The quantitative estimate of drug-likeness (QED) is 0.319. The molecule has 0 unspecified atom stereocenters. The fourth-order valence-corrected chi connectivity index (χ4v) is 3.80. The van der Waals surface area contributed by atoms with E-state index in [1.54, 1.807) is 12.3 Å². The summed E-state index contributed by atoms with van der Waals surface area (Å²) in [6.07, 6.45) is 1.61. The van der Waals surface area contributed by atoms with Gasteiger partial charge >= 0.3 is 5.97 Å². The zero-order chi connectivity index (χ0) is 22.5. The minimum atomic E-state index is -0.568. The van der Waals surface area contributed by atoms with Crippen molar-refractivity contribution in [3.8, 4) is 17.1 Å². The van der Waals surface area contributed by atoms with E-state index in [-0.39, 0.29) is 24.0 Å². The van der Waals surface area contributed by atoms with Crippen LogP contribution < -0.4 is 5.32 Å². The van der Waals surface area contributed by atoms with Crippen molar-refractivity contribution in [2.45, 2.75) is 18.6 Å². The van der Waals surface area contributed by atoms with Crippen molar-refractivity contribution in [3.63, 3.8) is 0 Å². The molecule has 9 nitrogen and oxygen atoms in total. The lowest BCUT2D eigenvalue weighted by atomic mass is 10.2. The van der Waals surface area contributed by atoms with Crippen LogP contribution in [0.25, 0.3) is 17.1 Å². The maximum absolute atomic E-state index is 12.4. The molecule has 3 heterocycles. The number of aryl methyl sites for hydroxylation is 1. The number of benzene rings is 1. The third-order valence-electron chi connectivity index (χ3n) is 4.59. The molecule has 10 heteroatoms. The van der Waals surface area contributed by atoms with Crippen LogP contribution in [-0.2, 0) is 16.1 Å². The first-order valence-corrected chi connectivity index (χ1v) is 10.7. The molecule has 1 N–H and O–H groups in total. The highest BCUT2D eigenvalue weighted by Gasteiger charge is 2.20. The van der Waals surface area contributed by atoms with Gasteiger partial charge in [-0.25, -0.2) is 4.79 Å². The van der Waals surface area contributed by atoms with Crippen molar-refractivity contribution in [2.75, 3.05) is 12.9 Å². The summed E-state index contributed by atoms with van der Waals surface area (Å²) in [5, 5.41) is 12.0. The number of carbonyl (C=O) groups is 2. The van der Waals surface area contributed by atoms with Gasteiger partial charge in [-0.05, 0) is 37.3 Å². The minimum absolute atomic E-state index is 0.0872. The van der Waals surface area contributed by atoms with Crippen LogP contribution in [0.15, 0.2) is 68.8 Å². The second-order valence-electron chi connectivity index (χ2n) is 6.69. The first kappa shape index (κ1) is 21.4. The maximum atomic E-state index is 12.4. The minimum Gasteiger partial charge on any atom is -0.469 e. The molecular weight excluding hydrogens is 432 g/mol. The molecule has 4 aromatic rings. The molecule has 0 atom stereocenters. The van der Waals surface area contributed by atoms with E-state index in [0.717, 1.165) is 17.0 Å². The summed E-state index contributed by atoms with van der Waals surface area (Å²) in [7, 11) is 1.27. The van der Waals surface area contributed by atoms with E-state index >= 15 is 0 Å². The normalized spacial score (nSPS) is 10.8. The van der Waals surface area contributed by atoms with Crippen LogP contribution in [0, 0.1) is 6.92 Å². The number of rotatable bonds is 8. The summed E-state index contributed by atoms with van der Waals surface area (Å²) in [5.41, 5.74) is 1.71. The number of nitrogens with one attached hydrogen (secondary N) is 1. The van der Waals surface area contributed by atoms with Gasteiger partial charge < -0.3 is 18.9 Å². The molecule has 32 heavy (non-hydrogen) atoms. The number of aromatic nitrogens is 3. The van der Waals surface area contributed by atoms with E-state index in [1.165, 1.54) is 24.9 Å². The van der Waals surface area contributed by atoms with Gasteiger partial charge in [-0.3, -0.25) is 9.36 Å². The van der Waals surface area contributed by atoms with Gasteiger partial charge in [0.15, 0.2) is 11.0 Å². The van der Waals surface area contributed by atoms with Crippen molar-refractivity contribution < 1.29 is 23.2 Å². The fourth-order valence-electron chi connectivity index (χ4n) is 3.01. The van der Waals surface area contributed by atoms with E-state index in [0.29, 0.717) is 16.7 Å². The average molecular weight is 452 g/mol. The molecule has 0 saturated carbocycles. The van der Waals surface area contributed by atoms with Crippen molar-refractivity contribution in [1.29, 1.82) is 0 Å². The first-order valence-electron chi connectivity index (χ1n) is 9.68. The Bertz CT molecular complexity index is 1230. The number of para-hydroxylation sites is 1. The Kier molecular flexibility index (Phi) is 6.41. The van der Waals surface area contributed by atoms with E-state index in [4.69, 9.17) is 8.83 Å². The first-order chi connectivity index (χ1) is 15.6. The third-order valence-corrected chi connectivity index (χ3v) is 5.52. The Morgan fingerprint density at radius 1 is 1.12 bits per heavy atom. The monoisotopic (exact) mass is 452 g/mol. The van der Waals surface area contributed by atoms with Crippen LogP contribution in [-0.4, -0.2) is 39.5 Å². The molecule has 164 valence electrons. The lowest BCUT2D eigenvalue weighted by molar-refractivity contribution is -0.118. The van der Waals surface area contributed by atoms with E-state index < -0.39 is 5.97 Å². The predicted octanol–water partition coefficient (Wildman–Crippen LogP) is 3.62. The van der Waals surface area contributed by atoms with Gasteiger partial charge in [0, 0.05) is 5.69 Å². The smallest absolute Gasteiger partial charge is 0.373 e. The van der Waals surface area contributed by atoms with Crippen LogP contribution >= 0.6 is 11.8 Å². The van der Waals surface area contributed by atoms with Gasteiger partial charge in [0.25, 0.3) is 0 Å². The number of esters is 1. The zero-order valence-electron chi connectivity index (χ0n) is 17.4. The number of amides is 1. The summed E-state index contributed by atoms with van der Waals surface area (Å²) in [5.74, 6) is 1.25. The molecule has 0 aliphatic rings. The van der Waals surface area contributed by atoms with Gasteiger partial charge in [0.1, 0.15) is 11.5 Å². The van der Waals surface area contributed by atoms with Crippen LogP contribution in [0.5, 0.6) is 0 Å². The summed E-state index contributed by atoms with van der Waals surface area (Å²) in [6, 6.07) is 14.6. The highest BCUT2D eigenvalue weighted by atomic mass is 32.2. The van der Waals surface area contributed by atoms with Crippen molar-refractivity contribution in [1.82, 2.24) is 20.1 Å². The van der Waals surface area contributed by atoms with Crippen LogP contribution in [0.3, 0.4) is 0 Å². The van der Waals surface area contributed by atoms with Gasteiger partial charge in [-0.15, -0.1) is 10.2 Å². The molecule has 1 amide bonds. The van der Waals surface area contributed by atoms with Gasteiger partial charge in [0.2, 0.25) is 11.7 Å². The molecule has 0 aliphatic heterocycles. The molecule has 1 aromatic carbocycles. The summed E-state index contributed by atoms with van der Waals surface area (Å²) >= 11 is 1.26. The predicted molar refractivity (Wildman–Crippen MR) is 116 cm³/mol. The number of furan rings is 2. The van der Waals surface area contributed by atoms with Crippen molar-refractivity contribution in [3.05, 3.63) is 72.1 Å². The molecule has 4 rings (SSSR count). The number of hydrogen-bond donors (Lipinski definition) is 1. The van der Waals surface area contributed by atoms with E-state index in [1.807, 2.05) is 47.9 Å². The second-order valence-corrected chi connectivity index (χ2v) is 7.63. The maximum Gasteiger partial charge on any atom is 0.373 e. The Morgan fingerprint density at radius 2 is 1.94 bits per heavy atom. The van der Waals surface area contributed by atoms with Gasteiger partial charge in [-0.2, -0.15) is 0 Å². The largest absolute Gasteiger partial charge is 0.469 e. The van der Waals surface area contributed by atoms with Crippen molar-refractivity contribution in [2.24, 2.45) is 0 Å². The summed E-state index contributed by atoms with van der Waals surface area (Å²) in [6.45, 7) is 2.01. The van der Waals surface area contributed by atoms with Gasteiger partial charge in [-0.1, -0.05) is 30.0 Å². The zero-order valence-corrected chi connectivity index (χ0v) is 18.2. The Morgan fingerprint density at radius 3 is 2.66 bits per heavy atom.